The van der Waals surface area contributed by atoms with Gasteiger partial charge >= 0.3 is 0 Å². The second kappa shape index (κ2) is 7.23. The van der Waals surface area contributed by atoms with E-state index in [9.17, 15) is 8.42 Å². The van der Waals surface area contributed by atoms with E-state index in [1.54, 1.807) is 32.9 Å². The molecule has 8 nitrogen and oxygen atoms in total. The first kappa shape index (κ1) is 17.9. The first-order valence-electron chi connectivity index (χ1n) is 6.77. The van der Waals surface area contributed by atoms with Crippen LogP contribution in [0.3, 0.4) is 0 Å². The zero-order valence-electron chi connectivity index (χ0n) is 12.9. The first-order chi connectivity index (χ1) is 10.2. The van der Waals surface area contributed by atoms with E-state index in [1.165, 1.54) is 10.4 Å². The van der Waals surface area contributed by atoms with Gasteiger partial charge in [0, 0.05) is 13.1 Å². The number of rotatable bonds is 5. The second-order valence-electron chi connectivity index (χ2n) is 4.54. The fourth-order valence-corrected chi connectivity index (χ4v) is 3.34. The van der Waals surface area contributed by atoms with Gasteiger partial charge in [0.1, 0.15) is 0 Å². The SMILES string of the molecule is CCN(CC)S(=O)(=O)c1ccc(C)c(N=C(N)N=C(N)N)c1. The third kappa shape index (κ3) is 4.18. The Morgan fingerprint density at radius 3 is 2.27 bits per heavy atom. The molecule has 1 aromatic carbocycles. The van der Waals surface area contributed by atoms with E-state index in [2.05, 4.69) is 9.98 Å². The van der Waals surface area contributed by atoms with E-state index in [1.807, 2.05) is 0 Å². The van der Waals surface area contributed by atoms with E-state index in [0.29, 0.717) is 18.8 Å². The van der Waals surface area contributed by atoms with Crippen molar-refractivity contribution in [3.8, 4) is 0 Å². The monoisotopic (exact) mass is 326 g/mol. The molecule has 0 aliphatic carbocycles. The van der Waals surface area contributed by atoms with Crippen LogP contribution in [0.2, 0.25) is 0 Å². The number of guanidine groups is 2. The topological polar surface area (TPSA) is 140 Å². The number of hydrogen-bond acceptors (Lipinski definition) is 3. The van der Waals surface area contributed by atoms with Crippen molar-refractivity contribution in [2.24, 2.45) is 27.2 Å². The molecular weight excluding hydrogens is 304 g/mol. The molecule has 22 heavy (non-hydrogen) atoms. The Morgan fingerprint density at radius 2 is 1.77 bits per heavy atom. The largest absolute Gasteiger partial charge is 0.370 e. The Balaban J connectivity index is 3.34. The third-order valence-electron chi connectivity index (χ3n) is 3.00. The van der Waals surface area contributed by atoms with Crippen LogP contribution in [0.4, 0.5) is 5.69 Å². The molecule has 9 heteroatoms. The van der Waals surface area contributed by atoms with Gasteiger partial charge in [0.15, 0.2) is 5.96 Å². The minimum absolute atomic E-state index is 0.138. The van der Waals surface area contributed by atoms with Crippen LogP contribution < -0.4 is 17.2 Å². The number of aryl methyl sites for hydroxylation is 1. The number of sulfonamides is 1. The van der Waals surface area contributed by atoms with Gasteiger partial charge in [0.05, 0.1) is 10.6 Å². The molecule has 0 saturated carbocycles. The molecule has 1 rings (SSSR count). The van der Waals surface area contributed by atoms with Crippen molar-refractivity contribution in [1.82, 2.24) is 4.31 Å². The average molecular weight is 326 g/mol. The van der Waals surface area contributed by atoms with Gasteiger partial charge in [0.2, 0.25) is 16.0 Å². The maximum atomic E-state index is 12.5. The number of hydrogen-bond donors (Lipinski definition) is 3. The predicted octanol–water partition coefficient (Wildman–Crippen LogP) is 0.245. The lowest BCUT2D eigenvalue weighted by Crippen LogP contribution is -2.30. The molecule has 0 saturated heterocycles. The van der Waals surface area contributed by atoms with Crippen molar-refractivity contribution in [2.75, 3.05) is 13.1 Å². The molecule has 0 aliphatic rings. The Labute approximate surface area is 130 Å². The Bertz CT molecular complexity index is 688. The van der Waals surface area contributed by atoms with Crippen molar-refractivity contribution >= 4 is 27.6 Å². The molecule has 6 N–H and O–H groups in total. The zero-order valence-corrected chi connectivity index (χ0v) is 13.8. The minimum Gasteiger partial charge on any atom is -0.370 e. The van der Waals surface area contributed by atoms with Gasteiger partial charge in [-0.2, -0.15) is 9.30 Å². The number of benzene rings is 1. The molecule has 0 fully saturated rings. The van der Waals surface area contributed by atoms with Crippen LogP contribution in [0.15, 0.2) is 33.1 Å². The molecule has 0 aromatic heterocycles. The summed E-state index contributed by atoms with van der Waals surface area (Å²) in [5.74, 6) is -0.355. The molecule has 0 spiro atoms. The Hall–Kier alpha value is -2.13. The van der Waals surface area contributed by atoms with Crippen LogP contribution in [0.5, 0.6) is 0 Å². The average Bonchev–Trinajstić information content (AvgIpc) is 2.41. The smallest absolute Gasteiger partial charge is 0.243 e. The van der Waals surface area contributed by atoms with Crippen LogP contribution >= 0.6 is 0 Å². The Morgan fingerprint density at radius 1 is 1.18 bits per heavy atom. The van der Waals surface area contributed by atoms with Crippen molar-refractivity contribution in [2.45, 2.75) is 25.7 Å². The summed E-state index contributed by atoms with van der Waals surface area (Å²) in [6.45, 7) is 6.13. The summed E-state index contributed by atoms with van der Waals surface area (Å²) in [6, 6.07) is 4.66. The second-order valence-corrected chi connectivity index (χ2v) is 6.48. The molecule has 0 amide bonds. The molecule has 1 aromatic rings. The summed E-state index contributed by atoms with van der Waals surface area (Å²) >= 11 is 0. The fourth-order valence-electron chi connectivity index (χ4n) is 1.86. The zero-order chi connectivity index (χ0) is 16.9. The molecule has 0 bridgehead atoms. The summed E-state index contributed by atoms with van der Waals surface area (Å²) in [7, 11) is -3.56. The number of aliphatic imine (C=N–C) groups is 2. The molecule has 0 radical (unpaired) electrons. The highest BCUT2D eigenvalue weighted by atomic mass is 32.2. The van der Waals surface area contributed by atoms with Crippen molar-refractivity contribution in [3.05, 3.63) is 23.8 Å². The standard InChI is InChI=1S/C13H22N6O2S/c1-4-19(5-2)22(20,21)10-7-6-9(3)11(8-10)17-13(16)18-12(14)15/h6-8H,4-5H2,1-3H3,(H6,14,15,16,17,18). The molecule has 0 unspecified atom stereocenters. The molecular formula is C13H22N6O2S. The van der Waals surface area contributed by atoms with Gasteiger partial charge in [-0.15, -0.1) is 0 Å². The molecule has 0 atom stereocenters. The maximum absolute atomic E-state index is 12.5. The molecule has 0 heterocycles. The Kier molecular flexibility index (Phi) is 5.89. The molecule has 0 aliphatic heterocycles. The number of nitrogens with zero attached hydrogens (tertiary/aromatic N) is 3. The lowest BCUT2D eigenvalue weighted by Gasteiger charge is -2.18. The minimum atomic E-state index is -3.56. The van der Waals surface area contributed by atoms with E-state index < -0.39 is 10.0 Å². The third-order valence-corrected chi connectivity index (χ3v) is 5.05. The summed E-state index contributed by atoms with van der Waals surface area (Å²) in [4.78, 5) is 7.81. The van der Waals surface area contributed by atoms with Crippen LogP contribution in [0.25, 0.3) is 0 Å². The van der Waals surface area contributed by atoms with E-state index in [0.717, 1.165) is 5.56 Å². The highest BCUT2D eigenvalue weighted by Gasteiger charge is 2.22. The lowest BCUT2D eigenvalue weighted by atomic mass is 10.2. The normalized spacial score (nSPS) is 12.5. The van der Waals surface area contributed by atoms with Crippen LogP contribution in [0, 0.1) is 6.92 Å². The first-order valence-corrected chi connectivity index (χ1v) is 8.21. The highest BCUT2D eigenvalue weighted by molar-refractivity contribution is 7.89. The van der Waals surface area contributed by atoms with Crippen LogP contribution in [-0.2, 0) is 10.0 Å². The van der Waals surface area contributed by atoms with Crippen LogP contribution in [-0.4, -0.2) is 37.7 Å². The summed E-state index contributed by atoms with van der Waals surface area (Å²) in [5, 5.41) is 0. The summed E-state index contributed by atoms with van der Waals surface area (Å²) < 4.78 is 26.4. The van der Waals surface area contributed by atoms with E-state index in [-0.39, 0.29) is 16.8 Å². The fraction of sp³-hybridized carbons (Fsp3) is 0.385. The van der Waals surface area contributed by atoms with Gasteiger partial charge in [-0.05, 0) is 24.6 Å². The van der Waals surface area contributed by atoms with Crippen molar-refractivity contribution in [1.29, 1.82) is 0 Å². The predicted molar refractivity (Wildman–Crippen MR) is 88.4 cm³/mol. The van der Waals surface area contributed by atoms with E-state index >= 15 is 0 Å². The van der Waals surface area contributed by atoms with Gasteiger partial charge in [-0.1, -0.05) is 19.9 Å². The maximum Gasteiger partial charge on any atom is 0.243 e. The van der Waals surface area contributed by atoms with Crippen molar-refractivity contribution in [3.63, 3.8) is 0 Å². The van der Waals surface area contributed by atoms with Crippen molar-refractivity contribution < 1.29 is 8.42 Å². The quantitative estimate of drug-likeness (QED) is 0.525. The number of nitrogens with two attached hydrogens (primary N) is 3. The van der Waals surface area contributed by atoms with Gasteiger partial charge < -0.3 is 17.2 Å². The molecule has 122 valence electrons. The summed E-state index contributed by atoms with van der Waals surface area (Å²) in [5.41, 5.74) is 17.2. The van der Waals surface area contributed by atoms with Gasteiger partial charge in [-0.3, -0.25) is 0 Å². The van der Waals surface area contributed by atoms with Crippen LogP contribution in [0.1, 0.15) is 19.4 Å². The lowest BCUT2D eigenvalue weighted by molar-refractivity contribution is 0.445. The highest BCUT2D eigenvalue weighted by Crippen LogP contribution is 2.25. The van der Waals surface area contributed by atoms with Gasteiger partial charge in [-0.25, -0.2) is 13.4 Å². The van der Waals surface area contributed by atoms with Gasteiger partial charge in [0.25, 0.3) is 0 Å². The van der Waals surface area contributed by atoms with E-state index in [4.69, 9.17) is 17.2 Å². The summed E-state index contributed by atoms with van der Waals surface area (Å²) in [6.07, 6.45) is 0.